The summed E-state index contributed by atoms with van der Waals surface area (Å²) in [5, 5.41) is 2.04. The van der Waals surface area contributed by atoms with Crippen LogP contribution in [0.25, 0.3) is 0 Å². The quantitative estimate of drug-likeness (QED) is 0.767. The maximum Gasteiger partial charge on any atom is 0.279 e. The normalized spacial score (nSPS) is 10.1. The SMILES string of the molecule is CCCOc1c(Cl)cc(C(=O)NNC(=O)c2cccs2)cc1OC. The second-order valence-corrected chi connectivity index (χ2v) is 6.08. The van der Waals surface area contributed by atoms with Crippen molar-refractivity contribution in [2.24, 2.45) is 0 Å². The van der Waals surface area contributed by atoms with Crippen molar-refractivity contribution in [2.45, 2.75) is 13.3 Å². The van der Waals surface area contributed by atoms with Gasteiger partial charge in [0.1, 0.15) is 0 Å². The molecule has 0 saturated heterocycles. The highest BCUT2D eigenvalue weighted by atomic mass is 35.5. The van der Waals surface area contributed by atoms with Gasteiger partial charge in [0.25, 0.3) is 11.8 Å². The minimum absolute atomic E-state index is 0.243. The number of amides is 2. The molecule has 2 amide bonds. The van der Waals surface area contributed by atoms with Gasteiger partial charge in [-0.05, 0) is 30.0 Å². The minimum Gasteiger partial charge on any atom is -0.493 e. The Morgan fingerprint density at radius 1 is 1.25 bits per heavy atom. The third kappa shape index (κ3) is 4.39. The highest BCUT2D eigenvalue weighted by Crippen LogP contribution is 2.36. The van der Waals surface area contributed by atoms with Crippen LogP contribution in [-0.2, 0) is 0 Å². The van der Waals surface area contributed by atoms with Crippen LogP contribution in [0.1, 0.15) is 33.4 Å². The van der Waals surface area contributed by atoms with Gasteiger partial charge in [-0.3, -0.25) is 20.4 Å². The summed E-state index contributed by atoms with van der Waals surface area (Å²) in [6.45, 7) is 2.46. The Labute approximate surface area is 148 Å². The number of carbonyl (C=O) groups is 2. The minimum atomic E-state index is -0.512. The average molecular weight is 369 g/mol. The van der Waals surface area contributed by atoms with Crippen molar-refractivity contribution in [1.82, 2.24) is 10.9 Å². The van der Waals surface area contributed by atoms with Gasteiger partial charge in [0.2, 0.25) is 0 Å². The monoisotopic (exact) mass is 368 g/mol. The van der Waals surface area contributed by atoms with Gasteiger partial charge in [-0.25, -0.2) is 0 Å². The van der Waals surface area contributed by atoms with Crippen LogP contribution in [-0.4, -0.2) is 25.5 Å². The molecule has 0 radical (unpaired) electrons. The van der Waals surface area contributed by atoms with Crippen molar-refractivity contribution in [2.75, 3.05) is 13.7 Å². The molecule has 2 N–H and O–H groups in total. The topological polar surface area (TPSA) is 76.7 Å². The molecule has 1 aromatic carbocycles. The maximum absolute atomic E-state index is 12.2. The summed E-state index contributed by atoms with van der Waals surface area (Å²) < 4.78 is 10.8. The van der Waals surface area contributed by atoms with Gasteiger partial charge < -0.3 is 9.47 Å². The lowest BCUT2D eigenvalue weighted by Gasteiger charge is -2.14. The van der Waals surface area contributed by atoms with Crippen molar-refractivity contribution in [3.8, 4) is 11.5 Å². The van der Waals surface area contributed by atoms with E-state index in [4.69, 9.17) is 21.1 Å². The molecule has 0 aliphatic carbocycles. The number of hydrazine groups is 1. The predicted octanol–water partition coefficient (Wildman–Crippen LogP) is 3.27. The van der Waals surface area contributed by atoms with Crippen LogP contribution < -0.4 is 20.3 Å². The van der Waals surface area contributed by atoms with Gasteiger partial charge in [-0.1, -0.05) is 24.6 Å². The van der Waals surface area contributed by atoms with Crippen LogP contribution >= 0.6 is 22.9 Å². The van der Waals surface area contributed by atoms with Crippen LogP contribution in [0.4, 0.5) is 0 Å². The summed E-state index contributed by atoms with van der Waals surface area (Å²) in [7, 11) is 1.46. The first-order valence-electron chi connectivity index (χ1n) is 7.21. The Kier molecular flexibility index (Phi) is 6.45. The molecule has 0 aliphatic heterocycles. The summed E-state index contributed by atoms with van der Waals surface area (Å²) in [4.78, 5) is 24.5. The first-order valence-corrected chi connectivity index (χ1v) is 8.47. The number of hydrogen-bond acceptors (Lipinski definition) is 5. The Morgan fingerprint density at radius 3 is 2.62 bits per heavy atom. The molecule has 0 spiro atoms. The third-order valence-electron chi connectivity index (χ3n) is 2.98. The van der Waals surface area contributed by atoms with E-state index in [9.17, 15) is 9.59 Å². The van der Waals surface area contributed by atoms with E-state index < -0.39 is 5.91 Å². The molecule has 24 heavy (non-hydrogen) atoms. The summed E-state index contributed by atoms with van der Waals surface area (Å²) in [5.74, 6) is -0.160. The molecule has 128 valence electrons. The van der Waals surface area contributed by atoms with E-state index in [1.165, 1.54) is 30.6 Å². The van der Waals surface area contributed by atoms with Gasteiger partial charge in [0, 0.05) is 5.56 Å². The molecule has 0 saturated carbocycles. The fourth-order valence-corrected chi connectivity index (χ4v) is 2.73. The lowest BCUT2D eigenvalue weighted by atomic mass is 10.2. The molecule has 2 rings (SSSR count). The highest BCUT2D eigenvalue weighted by molar-refractivity contribution is 7.12. The largest absolute Gasteiger partial charge is 0.493 e. The van der Waals surface area contributed by atoms with Gasteiger partial charge >= 0.3 is 0 Å². The van der Waals surface area contributed by atoms with Crippen molar-refractivity contribution < 1.29 is 19.1 Å². The Bertz CT molecular complexity index is 719. The van der Waals surface area contributed by atoms with Gasteiger partial charge in [-0.2, -0.15) is 0 Å². The Hall–Kier alpha value is -2.25. The van der Waals surface area contributed by atoms with Crippen LogP contribution in [0.15, 0.2) is 29.6 Å². The molecular formula is C16H17ClN2O4S. The maximum atomic E-state index is 12.2. The van der Waals surface area contributed by atoms with E-state index in [0.717, 1.165) is 6.42 Å². The van der Waals surface area contributed by atoms with E-state index in [0.29, 0.717) is 23.0 Å². The zero-order valence-corrected chi connectivity index (χ0v) is 14.8. The van der Waals surface area contributed by atoms with E-state index in [1.807, 2.05) is 6.92 Å². The first kappa shape index (κ1) is 18.1. The Morgan fingerprint density at radius 2 is 2.00 bits per heavy atom. The molecule has 6 nitrogen and oxygen atoms in total. The van der Waals surface area contributed by atoms with Crippen molar-refractivity contribution in [3.63, 3.8) is 0 Å². The zero-order valence-electron chi connectivity index (χ0n) is 13.2. The molecule has 0 unspecified atom stereocenters. The Balaban J connectivity index is 2.09. The molecule has 1 heterocycles. The molecule has 2 aromatic rings. The fraction of sp³-hybridized carbons (Fsp3) is 0.250. The second kappa shape index (κ2) is 8.56. The molecule has 0 atom stereocenters. The first-order chi connectivity index (χ1) is 11.6. The summed E-state index contributed by atoms with van der Waals surface area (Å²) in [6, 6.07) is 6.37. The number of benzene rings is 1. The standard InChI is InChI=1S/C16H17ClN2O4S/c1-3-6-23-14-11(17)8-10(9-12(14)22-2)15(20)18-19-16(21)13-5-4-7-24-13/h4-5,7-9H,3,6H2,1-2H3,(H,18,20)(H,19,21). The molecule has 1 aromatic heterocycles. The molecule has 0 bridgehead atoms. The number of thiophene rings is 1. The van der Waals surface area contributed by atoms with E-state index in [2.05, 4.69) is 10.9 Å². The van der Waals surface area contributed by atoms with E-state index >= 15 is 0 Å². The lowest BCUT2D eigenvalue weighted by Crippen LogP contribution is -2.41. The summed E-state index contributed by atoms with van der Waals surface area (Å²) in [6.07, 6.45) is 0.816. The lowest BCUT2D eigenvalue weighted by molar-refractivity contribution is 0.0848. The number of ether oxygens (including phenoxy) is 2. The van der Waals surface area contributed by atoms with Gasteiger partial charge in [0.05, 0.1) is 23.6 Å². The number of nitrogens with one attached hydrogen (secondary N) is 2. The van der Waals surface area contributed by atoms with Crippen LogP contribution in [0.5, 0.6) is 11.5 Å². The average Bonchev–Trinajstić information content (AvgIpc) is 3.12. The molecule has 0 aliphatic rings. The summed E-state index contributed by atoms with van der Waals surface area (Å²) >= 11 is 7.44. The zero-order chi connectivity index (χ0) is 17.5. The predicted molar refractivity (Wildman–Crippen MR) is 93.0 cm³/mol. The molecular weight excluding hydrogens is 352 g/mol. The number of methoxy groups -OCH3 is 1. The molecule has 0 fully saturated rings. The van der Waals surface area contributed by atoms with Crippen molar-refractivity contribution in [3.05, 3.63) is 45.1 Å². The van der Waals surface area contributed by atoms with Crippen LogP contribution in [0.2, 0.25) is 5.02 Å². The van der Waals surface area contributed by atoms with E-state index in [1.54, 1.807) is 17.5 Å². The second-order valence-electron chi connectivity index (χ2n) is 4.72. The third-order valence-corrected chi connectivity index (χ3v) is 4.13. The van der Waals surface area contributed by atoms with Crippen LogP contribution in [0.3, 0.4) is 0 Å². The van der Waals surface area contributed by atoms with Crippen molar-refractivity contribution in [1.29, 1.82) is 0 Å². The number of hydrogen-bond donors (Lipinski definition) is 2. The summed E-state index contributed by atoms with van der Waals surface area (Å²) in [5.41, 5.74) is 4.93. The number of carbonyl (C=O) groups excluding carboxylic acids is 2. The van der Waals surface area contributed by atoms with Crippen LogP contribution in [0, 0.1) is 0 Å². The smallest absolute Gasteiger partial charge is 0.279 e. The van der Waals surface area contributed by atoms with Gasteiger partial charge in [0.15, 0.2) is 11.5 Å². The number of rotatable bonds is 6. The van der Waals surface area contributed by atoms with Gasteiger partial charge in [-0.15, -0.1) is 11.3 Å². The van der Waals surface area contributed by atoms with Crippen molar-refractivity contribution >= 4 is 34.8 Å². The molecule has 8 heteroatoms. The fourth-order valence-electron chi connectivity index (χ4n) is 1.85. The number of halogens is 1. The highest BCUT2D eigenvalue weighted by Gasteiger charge is 2.16. The van der Waals surface area contributed by atoms with E-state index in [-0.39, 0.29) is 16.5 Å².